The lowest BCUT2D eigenvalue weighted by molar-refractivity contribution is -0.123. The maximum absolute atomic E-state index is 11.2. The number of hydrogen-bond acceptors (Lipinski definition) is 4. The molecule has 0 atom stereocenters. The van der Waals surface area contributed by atoms with E-state index >= 15 is 0 Å². The number of rotatable bonds is 7. The van der Waals surface area contributed by atoms with Crippen LogP contribution in [0, 0.1) is 5.92 Å². The van der Waals surface area contributed by atoms with Gasteiger partial charge < -0.3 is 16.0 Å². The number of carbonyl (C=O) groups is 1. The van der Waals surface area contributed by atoms with Crippen molar-refractivity contribution in [2.75, 3.05) is 25.0 Å². The second kappa shape index (κ2) is 8.16. The van der Waals surface area contributed by atoms with Gasteiger partial charge in [0.1, 0.15) is 0 Å². The lowest BCUT2D eigenvalue weighted by Crippen LogP contribution is -2.39. The van der Waals surface area contributed by atoms with Crippen LogP contribution in [0.25, 0.3) is 0 Å². The molecule has 6 heteroatoms. The van der Waals surface area contributed by atoms with Crippen LogP contribution >= 0.6 is 0 Å². The molecule has 1 fully saturated rings. The summed E-state index contributed by atoms with van der Waals surface area (Å²) in [6.07, 6.45) is 6.72. The Morgan fingerprint density at radius 1 is 1.24 bits per heavy atom. The molecule has 1 aliphatic heterocycles. The fraction of sp³-hybridized carbons (Fsp3) is 0.474. The second-order valence-electron chi connectivity index (χ2n) is 6.84. The van der Waals surface area contributed by atoms with Crippen LogP contribution < -0.4 is 11.1 Å². The molecule has 1 aliphatic rings. The van der Waals surface area contributed by atoms with Gasteiger partial charge in [-0.05, 0) is 50.0 Å². The Labute approximate surface area is 149 Å². The van der Waals surface area contributed by atoms with E-state index in [0.29, 0.717) is 0 Å². The zero-order valence-electron chi connectivity index (χ0n) is 14.8. The third-order valence-electron chi connectivity index (χ3n) is 4.92. The molecular weight excluding hydrogens is 314 g/mol. The molecule has 0 unspecified atom stereocenters. The highest BCUT2D eigenvalue weighted by Crippen LogP contribution is 2.17. The summed E-state index contributed by atoms with van der Waals surface area (Å²) in [5.74, 6) is -0.0737. The Balaban J connectivity index is 1.41. The quantitative estimate of drug-likeness (QED) is 0.805. The molecule has 1 amide bonds. The number of aryl methyl sites for hydroxylation is 1. The summed E-state index contributed by atoms with van der Waals surface area (Å²) in [5.41, 5.74) is 9.02. The fourth-order valence-electron chi connectivity index (χ4n) is 3.28. The van der Waals surface area contributed by atoms with Gasteiger partial charge in [0.25, 0.3) is 0 Å². The number of piperidine rings is 1. The molecule has 134 valence electrons. The Bertz CT molecular complexity index is 686. The lowest BCUT2D eigenvalue weighted by Gasteiger charge is -2.30. The van der Waals surface area contributed by atoms with Crippen LogP contribution in [0.4, 0.5) is 5.69 Å². The van der Waals surface area contributed by atoms with E-state index in [1.54, 1.807) is 0 Å². The molecule has 3 N–H and O–H groups in total. The third kappa shape index (κ3) is 5.06. The van der Waals surface area contributed by atoms with E-state index in [4.69, 9.17) is 5.73 Å². The summed E-state index contributed by atoms with van der Waals surface area (Å²) in [6.45, 7) is 3.76. The highest BCUT2D eigenvalue weighted by molar-refractivity contribution is 5.76. The number of amides is 1. The summed E-state index contributed by atoms with van der Waals surface area (Å²) in [6, 6.07) is 8.62. The molecule has 0 radical (unpaired) electrons. The van der Waals surface area contributed by atoms with Gasteiger partial charge in [-0.25, -0.2) is 0 Å². The first-order valence-electron chi connectivity index (χ1n) is 8.92. The standard InChI is InChI=1S/C19H27N5O/c1-23-14-16(13-22-23)12-21-18-4-2-15(3-5-18)6-9-24-10-7-17(8-11-24)19(20)25/h2-5,13-14,17,21H,6-12H2,1H3,(H2,20,25). The lowest BCUT2D eigenvalue weighted by atomic mass is 9.96. The van der Waals surface area contributed by atoms with Crippen LogP contribution in [-0.2, 0) is 24.8 Å². The van der Waals surface area contributed by atoms with Gasteiger partial charge in [0.15, 0.2) is 0 Å². The second-order valence-corrected chi connectivity index (χ2v) is 6.84. The molecule has 1 aromatic carbocycles. The topological polar surface area (TPSA) is 76.2 Å². The van der Waals surface area contributed by atoms with Gasteiger partial charge in [-0.15, -0.1) is 0 Å². The molecular formula is C19H27N5O. The number of likely N-dealkylation sites (tertiary alicyclic amines) is 1. The minimum atomic E-state index is -0.144. The maximum Gasteiger partial charge on any atom is 0.220 e. The highest BCUT2D eigenvalue weighted by atomic mass is 16.1. The number of carbonyl (C=O) groups excluding carboxylic acids is 1. The van der Waals surface area contributed by atoms with Crippen LogP contribution in [-0.4, -0.2) is 40.2 Å². The maximum atomic E-state index is 11.2. The Hall–Kier alpha value is -2.34. The summed E-state index contributed by atoms with van der Waals surface area (Å²) in [4.78, 5) is 13.6. The summed E-state index contributed by atoms with van der Waals surface area (Å²) in [5, 5.41) is 7.59. The predicted octanol–water partition coefficient (Wildman–Crippen LogP) is 1.77. The molecule has 1 saturated heterocycles. The average molecular weight is 341 g/mol. The van der Waals surface area contributed by atoms with Crippen molar-refractivity contribution in [1.82, 2.24) is 14.7 Å². The largest absolute Gasteiger partial charge is 0.381 e. The summed E-state index contributed by atoms with van der Waals surface area (Å²) < 4.78 is 1.81. The van der Waals surface area contributed by atoms with Crippen molar-refractivity contribution < 1.29 is 4.79 Å². The van der Waals surface area contributed by atoms with E-state index in [9.17, 15) is 4.79 Å². The van der Waals surface area contributed by atoms with Gasteiger partial charge in [-0.3, -0.25) is 9.48 Å². The van der Waals surface area contributed by atoms with Crippen LogP contribution in [0.1, 0.15) is 24.0 Å². The zero-order chi connectivity index (χ0) is 17.6. The van der Waals surface area contributed by atoms with Gasteiger partial charge in [0.05, 0.1) is 6.20 Å². The van der Waals surface area contributed by atoms with E-state index in [1.165, 1.54) is 11.1 Å². The number of nitrogens with two attached hydrogens (primary N) is 1. The zero-order valence-corrected chi connectivity index (χ0v) is 14.8. The average Bonchev–Trinajstić information content (AvgIpc) is 3.05. The van der Waals surface area contributed by atoms with Crippen molar-refractivity contribution in [3.63, 3.8) is 0 Å². The third-order valence-corrected chi connectivity index (χ3v) is 4.92. The van der Waals surface area contributed by atoms with E-state index in [1.807, 2.05) is 24.1 Å². The molecule has 0 bridgehead atoms. The molecule has 2 heterocycles. The summed E-state index contributed by atoms with van der Waals surface area (Å²) in [7, 11) is 1.93. The molecule has 2 aromatic rings. The molecule has 25 heavy (non-hydrogen) atoms. The Kier molecular flexibility index (Phi) is 5.71. The minimum absolute atomic E-state index is 0.0708. The van der Waals surface area contributed by atoms with Gasteiger partial charge >= 0.3 is 0 Å². The van der Waals surface area contributed by atoms with Crippen molar-refractivity contribution in [3.05, 3.63) is 47.8 Å². The highest BCUT2D eigenvalue weighted by Gasteiger charge is 2.22. The van der Waals surface area contributed by atoms with E-state index in [-0.39, 0.29) is 11.8 Å². The van der Waals surface area contributed by atoms with Crippen molar-refractivity contribution in [1.29, 1.82) is 0 Å². The SMILES string of the molecule is Cn1cc(CNc2ccc(CCN3CCC(C(N)=O)CC3)cc2)cn1. The van der Waals surface area contributed by atoms with Gasteiger partial charge in [0.2, 0.25) is 5.91 Å². The molecule has 1 aromatic heterocycles. The number of primary amides is 1. The summed E-state index contributed by atoms with van der Waals surface area (Å²) >= 11 is 0. The first kappa shape index (κ1) is 17.5. The molecule has 3 rings (SSSR count). The number of aromatic nitrogens is 2. The number of anilines is 1. The van der Waals surface area contributed by atoms with Gasteiger partial charge in [0, 0.05) is 43.5 Å². The first-order valence-corrected chi connectivity index (χ1v) is 8.92. The number of nitrogens with zero attached hydrogens (tertiary/aromatic N) is 3. The van der Waals surface area contributed by atoms with Crippen LogP contribution in [0.3, 0.4) is 0 Å². The van der Waals surface area contributed by atoms with Crippen molar-refractivity contribution in [2.24, 2.45) is 18.7 Å². The van der Waals surface area contributed by atoms with E-state index in [2.05, 4.69) is 39.6 Å². The van der Waals surface area contributed by atoms with Crippen LogP contribution in [0.5, 0.6) is 0 Å². The fourth-order valence-corrected chi connectivity index (χ4v) is 3.28. The minimum Gasteiger partial charge on any atom is -0.381 e. The van der Waals surface area contributed by atoms with Crippen molar-refractivity contribution in [2.45, 2.75) is 25.8 Å². The van der Waals surface area contributed by atoms with Gasteiger partial charge in [-0.1, -0.05) is 12.1 Å². The number of benzene rings is 1. The Morgan fingerprint density at radius 2 is 1.96 bits per heavy atom. The normalized spacial score (nSPS) is 16.0. The monoisotopic (exact) mass is 341 g/mol. The molecule has 0 spiro atoms. The van der Waals surface area contributed by atoms with Crippen molar-refractivity contribution in [3.8, 4) is 0 Å². The van der Waals surface area contributed by atoms with Crippen molar-refractivity contribution >= 4 is 11.6 Å². The Morgan fingerprint density at radius 3 is 2.56 bits per heavy atom. The molecule has 6 nitrogen and oxygen atoms in total. The number of hydrogen-bond donors (Lipinski definition) is 2. The van der Waals surface area contributed by atoms with Crippen LogP contribution in [0.15, 0.2) is 36.7 Å². The van der Waals surface area contributed by atoms with E-state index in [0.717, 1.165) is 51.1 Å². The first-order chi connectivity index (χ1) is 12.1. The van der Waals surface area contributed by atoms with Crippen LogP contribution in [0.2, 0.25) is 0 Å². The van der Waals surface area contributed by atoms with E-state index < -0.39 is 0 Å². The molecule has 0 aliphatic carbocycles. The number of nitrogens with one attached hydrogen (secondary N) is 1. The molecule has 0 saturated carbocycles. The smallest absolute Gasteiger partial charge is 0.220 e. The predicted molar refractivity (Wildman–Crippen MR) is 99.0 cm³/mol. The van der Waals surface area contributed by atoms with Gasteiger partial charge in [-0.2, -0.15) is 5.10 Å².